The van der Waals surface area contributed by atoms with Crippen LogP contribution in [0.1, 0.15) is 0 Å². The van der Waals surface area contributed by atoms with Crippen molar-refractivity contribution in [3.63, 3.8) is 0 Å². The van der Waals surface area contributed by atoms with E-state index in [1.165, 1.54) is 49.2 Å². The molecule has 0 aliphatic rings. The zero-order valence-corrected chi connectivity index (χ0v) is 44.1. The maximum absolute atomic E-state index is 6.93. The molecular weight excluding hydrogens is 985 g/mol. The highest BCUT2D eigenvalue weighted by molar-refractivity contribution is 6.16. The zero-order valence-electron chi connectivity index (χ0n) is 44.1. The van der Waals surface area contributed by atoms with Crippen molar-refractivity contribution in [3.05, 3.63) is 304 Å². The SMILES string of the molecule is c1ccc(-c2ccc(N(c3ccc4c(c3)c3ccccc3n4-c3ccccc3)c3ccc(N(c4ccc5c(c4)c4ccccc4n5-c4ccccc4)c4ccc(-c5ccccc5)c5ccccc45)c4occc34)c3ccccc23)cc1. The van der Waals surface area contributed by atoms with Crippen LogP contribution in [0.25, 0.3) is 110 Å². The van der Waals surface area contributed by atoms with Gasteiger partial charge < -0.3 is 23.4 Å². The van der Waals surface area contributed by atoms with Gasteiger partial charge in [-0.2, -0.15) is 0 Å². The van der Waals surface area contributed by atoms with E-state index >= 15 is 0 Å². The van der Waals surface area contributed by atoms with Gasteiger partial charge in [-0.15, -0.1) is 0 Å². The van der Waals surface area contributed by atoms with E-state index in [9.17, 15) is 0 Å². The lowest BCUT2D eigenvalue weighted by Gasteiger charge is -2.31. The lowest BCUT2D eigenvalue weighted by atomic mass is 9.95. The van der Waals surface area contributed by atoms with E-state index in [4.69, 9.17) is 4.42 Å². The van der Waals surface area contributed by atoms with Crippen molar-refractivity contribution >= 4 is 110 Å². The van der Waals surface area contributed by atoms with Crippen molar-refractivity contribution in [3.8, 4) is 33.6 Å². The average molecular weight is 1040 g/mol. The van der Waals surface area contributed by atoms with Gasteiger partial charge in [0, 0.05) is 60.5 Å². The van der Waals surface area contributed by atoms with Crippen molar-refractivity contribution in [1.29, 1.82) is 0 Å². The third kappa shape index (κ3) is 7.47. The molecule has 0 spiro atoms. The van der Waals surface area contributed by atoms with Crippen molar-refractivity contribution in [2.24, 2.45) is 0 Å². The minimum atomic E-state index is 0.771. The van der Waals surface area contributed by atoms with Crippen LogP contribution >= 0.6 is 0 Å². The predicted octanol–water partition coefficient (Wildman–Crippen LogP) is 21.2. The Labute approximate surface area is 468 Å². The first-order valence-electron chi connectivity index (χ1n) is 27.7. The molecule has 0 N–H and O–H groups in total. The summed E-state index contributed by atoms with van der Waals surface area (Å²) in [4.78, 5) is 4.87. The van der Waals surface area contributed by atoms with E-state index in [2.05, 4.69) is 316 Å². The fourth-order valence-electron chi connectivity index (χ4n) is 12.8. The van der Waals surface area contributed by atoms with Gasteiger partial charge in [0.05, 0.1) is 51.1 Å². The van der Waals surface area contributed by atoms with Gasteiger partial charge in [0.15, 0.2) is 5.58 Å². The number of benzene rings is 13. The number of anilines is 6. The second-order valence-electron chi connectivity index (χ2n) is 20.8. The van der Waals surface area contributed by atoms with Crippen LogP contribution in [-0.4, -0.2) is 9.13 Å². The Balaban J connectivity index is 0.954. The van der Waals surface area contributed by atoms with Gasteiger partial charge in [-0.3, -0.25) is 0 Å². The molecule has 0 bridgehead atoms. The molecule has 0 aliphatic heterocycles. The quantitative estimate of drug-likeness (QED) is 0.137. The number of hydrogen-bond acceptors (Lipinski definition) is 3. The smallest absolute Gasteiger partial charge is 0.159 e. The summed E-state index contributed by atoms with van der Waals surface area (Å²) in [7, 11) is 0. The van der Waals surface area contributed by atoms with Crippen LogP contribution in [0, 0.1) is 0 Å². The fourth-order valence-corrected chi connectivity index (χ4v) is 12.8. The van der Waals surface area contributed by atoms with Gasteiger partial charge in [-0.25, -0.2) is 0 Å². The van der Waals surface area contributed by atoms with Crippen LogP contribution in [0.3, 0.4) is 0 Å². The topological polar surface area (TPSA) is 29.5 Å². The van der Waals surface area contributed by atoms with Crippen molar-refractivity contribution in [1.82, 2.24) is 9.13 Å². The van der Waals surface area contributed by atoms with E-state index < -0.39 is 0 Å². The Hall–Kier alpha value is -10.9. The Morgan fingerprint density at radius 3 is 1.09 bits per heavy atom. The fraction of sp³-hybridized carbons (Fsp3) is 0. The molecular formula is C76H50N4O. The van der Waals surface area contributed by atoms with E-state index in [-0.39, 0.29) is 0 Å². The van der Waals surface area contributed by atoms with Gasteiger partial charge in [0.25, 0.3) is 0 Å². The molecule has 5 heteroatoms. The summed E-state index contributed by atoms with van der Waals surface area (Å²) in [5, 5.41) is 10.3. The molecule has 0 saturated heterocycles. The number of rotatable bonds is 10. The molecule has 0 atom stereocenters. The Kier molecular flexibility index (Phi) is 10.8. The molecule has 0 fully saturated rings. The highest BCUT2D eigenvalue weighted by Crippen LogP contribution is 2.51. The van der Waals surface area contributed by atoms with Crippen LogP contribution in [0.5, 0.6) is 0 Å². The van der Waals surface area contributed by atoms with Crippen LogP contribution in [0.2, 0.25) is 0 Å². The molecule has 3 heterocycles. The van der Waals surface area contributed by atoms with E-state index in [0.29, 0.717) is 0 Å². The molecule has 13 aromatic carbocycles. The van der Waals surface area contributed by atoms with Gasteiger partial charge in [-0.1, -0.05) is 194 Å². The average Bonchev–Trinajstić information content (AvgIpc) is 4.49. The number of nitrogens with zero attached hydrogens (tertiary/aromatic N) is 4. The van der Waals surface area contributed by atoms with Crippen molar-refractivity contribution in [2.75, 3.05) is 9.80 Å². The maximum atomic E-state index is 6.93. The first-order chi connectivity index (χ1) is 40.2. The Bertz CT molecular complexity index is 4740. The first kappa shape index (κ1) is 46.2. The van der Waals surface area contributed by atoms with Gasteiger partial charge >= 0.3 is 0 Å². The third-order valence-electron chi connectivity index (χ3n) is 16.4. The molecule has 0 saturated carbocycles. The number of aromatic nitrogens is 2. The normalized spacial score (nSPS) is 11.7. The molecule has 16 rings (SSSR count). The first-order valence-corrected chi connectivity index (χ1v) is 27.7. The van der Waals surface area contributed by atoms with Gasteiger partial charge in [-0.05, 0) is 136 Å². The molecule has 0 radical (unpaired) electrons. The number of fused-ring (bicyclic) bond motifs is 9. The molecule has 16 aromatic rings. The molecule has 81 heavy (non-hydrogen) atoms. The van der Waals surface area contributed by atoms with Gasteiger partial charge in [0.2, 0.25) is 0 Å². The number of para-hydroxylation sites is 4. The molecule has 380 valence electrons. The monoisotopic (exact) mass is 1030 g/mol. The molecule has 0 unspecified atom stereocenters. The maximum Gasteiger partial charge on any atom is 0.159 e. The second kappa shape index (κ2) is 18.9. The molecule has 0 aliphatic carbocycles. The number of furan rings is 1. The molecule has 5 nitrogen and oxygen atoms in total. The lowest BCUT2D eigenvalue weighted by Crippen LogP contribution is -2.14. The predicted molar refractivity (Wildman–Crippen MR) is 340 cm³/mol. The summed E-state index contributed by atoms with van der Waals surface area (Å²) >= 11 is 0. The zero-order chi connectivity index (χ0) is 53.4. The standard InChI is InChI=1S/C76H50N4O/c1-5-21-51(22-6-1)57-39-43-70(61-31-15-13-29-59(57)61)79(55-37-41-73-66(49-55)63-33-17-19-35-68(63)77(73)53-25-9-3-10-26-53)72-45-46-75(76-65(72)47-48-81-76)80(71-44-40-58(52-23-7-2-8-24-52)60-30-14-16-32-62(60)71)56-38-42-74-67(50-56)64-34-18-20-36-69(64)78(74)54-27-11-4-12-28-54/h1-50H. The summed E-state index contributed by atoms with van der Waals surface area (Å²) in [5.74, 6) is 0. The van der Waals surface area contributed by atoms with Crippen LogP contribution in [0.4, 0.5) is 34.1 Å². The van der Waals surface area contributed by atoms with Crippen LogP contribution in [0.15, 0.2) is 308 Å². The van der Waals surface area contributed by atoms with Gasteiger partial charge in [0.1, 0.15) is 0 Å². The largest absolute Gasteiger partial charge is 0.462 e. The minimum absolute atomic E-state index is 0.771. The lowest BCUT2D eigenvalue weighted by molar-refractivity contribution is 0.616. The molecule has 3 aromatic heterocycles. The summed E-state index contributed by atoms with van der Waals surface area (Å²) < 4.78 is 11.7. The molecule has 0 amide bonds. The summed E-state index contributed by atoms with van der Waals surface area (Å²) in [5.41, 5.74) is 18.4. The Morgan fingerprint density at radius 2 is 0.605 bits per heavy atom. The van der Waals surface area contributed by atoms with E-state index in [1.54, 1.807) is 0 Å². The van der Waals surface area contributed by atoms with E-state index in [1.807, 2.05) is 6.26 Å². The third-order valence-corrected chi connectivity index (χ3v) is 16.4. The van der Waals surface area contributed by atoms with Crippen LogP contribution in [-0.2, 0) is 0 Å². The number of hydrogen-bond donors (Lipinski definition) is 0. The summed E-state index contributed by atoms with van der Waals surface area (Å²) in [6, 6.07) is 108. The highest BCUT2D eigenvalue weighted by atomic mass is 16.3. The Morgan fingerprint density at radius 1 is 0.247 bits per heavy atom. The van der Waals surface area contributed by atoms with E-state index in [0.717, 1.165) is 94.7 Å². The second-order valence-corrected chi connectivity index (χ2v) is 20.8. The summed E-state index contributed by atoms with van der Waals surface area (Å²) in [6.07, 6.45) is 1.86. The van der Waals surface area contributed by atoms with Crippen molar-refractivity contribution in [2.45, 2.75) is 0 Å². The van der Waals surface area contributed by atoms with Crippen LogP contribution < -0.4 is 9.80 Å². The minimum Gasteiger partial charge on any atom is -0.462 e. The summed E-state index contributed by atoms with van der Waals surface area (Å²) in [6.45, 7) is 0. The van der Waals surface area contributed by atoms with Crippen molar-refractivity contribution < 1.29 is 4.42 Å². The highest BCUT2D eigenvalue weighted by Gasteiger charge is 2.27.